The second-order valence-electron chi connectivity index (χ2n) is 6.32. The van der Waals surface area contributed by atoms with Gasteiger partial charge in [0.15, 0.2) is 0 Å². The molecule has 0 spiro atoms. The predicted molar refractivity (Wildman–Crippen MR) is 80.8 cm³/mol. The van der Waals surface area contributed by atoms with Crippen LogP contribution in [-0.4, -0.2) is 17.1 Å². The van der Waals surface area contributed by atoms with Crippen molar-refractivity contribution in [2.45, 2.75) is 70.6 Å². The van der Waals surface area contributed by atoms with E-state index in [0.717, 1.165) is 24.3 Å². The standard InChI is InChI=1S/C17H26N2O/c1-2-13-4-3-5-16(10-13)20-17-8-9-18-11-14(17)12-19-15-6-7-15/h8-9,11,13,15-16,19H,2-7,10,12H2,1H3. The average molecular weight is 274 g/mol. The van der Waals surface area contributed by atoms with Gasteiger partial charge in [0, 0.05) is 30.5 Å². The van der Waals surface area contributed by atoms with Gasteiger partial charge in [-0.2, -0.15) is 0 Å². The number of rotatable bonds is 6. The maximum Gasteiger partial charge on any atom is 0.127 e. The molecule has 2 fully saturated rings. The summed E-state index contributed by atoms with van der Waals surface area (Å²) in [6.45, 7) is 3.18. The molecule has 3 nitrogen and oxygen atoms in total. The minimum absolute atomic E-state index is 0.399. The minimum Gasteiger partial charge on any atom is -0.490 e. The van der Waals surface area contributed by atoms with Crippen molar-refractivity contribution in [3.63, 3.8) is 0 Å². The van der Waals surface area contributed by atoms with Crippen molar-refractivity contribution in [2.75, 3.05) is 0 Å². The van der Waals surface area contributed by atoms with E-state index in [0.29, 0.717) is 6.10 Å². The van der Waals surface area contributed by atoms with Gasteiger partial charge in [-0.05, 0) is 44.1 Å². The third kappa shape index (κ3) is 3.72. The number of hydrogen-bond donors (Lipinski definition) is 1. The van der Waals surface area contributed by atoms with E-state index in [2.05, 4.69) is 17.2 Å². The van der Waals surface area contributed by atoms with Crippen LogP contribution in [0.1, 0.15) is 57.4 Å². The van der Waals surface area contributed by atoms with Crippen molar-refractivity contribution < 1.29 is 4.74 Å². The zero-order valence-corrected chi connectivity index (χ0v) is 12.5. The van der Waals surface area contributed by atoms with E-state index in [4.69, 9.17) is 4.74 Å². The monoisotopic (exact) mass is 274 g/mol. The van der Waals surface area contributed by atoms with Crippen LogP contribution in [0.3, 0.4) is 0 Å². The van der Waals surface area contributed by atoms with Gasteiger partial charge in [0.05, 0.1) is 6.10 Å². The summed E-state index contributed by atoms with van der Waals surface area (Å²) in [6.07, 6.45) is 13.2. The third-order valence-electron chi connectivity index (χ3n) is 4.62. The Morgan fingerprint density at radius 3 is 3.00 bits per heavy atom. The summed E-state index contributed by atoms with van der Waals surface area (Å²) in [5.41, 5.74) is 1.21. The van der Waals surface area contributed by atoms with Gasteiger partial charge < -0.3 is 10.1 Å². The lowest BCUT2D eigenvalue weighted by atomic mass is 9.85. The van der Waals surface area contributed by atoms with E-state index in [1.165, 1.54) is 50.5 Å². The Bertz CT molecular complexity index is 431. The first-order valence-corrected chi connectivity index (χ1v) is 8.18. The van der Waals surface area contributed by atoms with Gasteiger partial charge in [-0.3, -0.25) is 4.98 Å². The highest BCUT2D eigenvalue weighted by Crippen LogP contribution is 2.30. The van der Waals surface area contributed by atoms with Gasteiger partial charge in [0.2, 0.25) is 0 Å². The van der Waals surface area contributed by atoms with Crippen LogP contribution in [0.2, 0.25) is 0 Å². The lowest BCUT2D eigenvalue weighted by Crippen LogP contribution is -2.26. The number of nitrogens with zero attached hydrogens (tertiary/aromatic N) is 1. The highest BCUT2D eigenvalue weighted by atomic mass is 16.5. The summed E-state index contributed by atoms with van der Waals surface area (Å²) in [5.74, 6) is 1.89. The summed E-state index contributed by atoms with van der Waals surface area (Å²) in [7, 11) is 0. The molecule has 0 bridgehead atoms. The fourth-order valence-electron chi connectivity index (χ4n) is 3.10. The summed E-state index contributed by atoms with van der Waals surface area (Å²) < 4.78 is 6.29. The first kappa shape index (κ1) is 13.9. The molecule has 0 radical (unpaired) electrons. The molecule has 0 amide bonds. The fourth-order valence-corrected chi connectivity index (χ4v) is 3.10. The van der Waals surface area contributed by atoms with Crippen molar-refractivity contribution >= 4 is 0 Å². The van der Waals surface area contributed by atoms with Crippen LogP contribution < -0.4 is 10.1 Å². The molecule has 20 heavy (non-hydrogen) atoms. The molecule has 0 aromatic carbocycles. The van der Waals surface area contributed by atoms with Gasteiger partial charge in [0.25, 0.3) is 0 Å². The molecule has 0 aliphatic heterocycles. The SMILES string of the molecule is CCC1CCCC(Oc2ccncc2CNC2CC2)C1. The van der Waals surface area contributed by atoms with Crippen LogP contribution in [-0.2, 0) is 6.54 Å². The first-order valence-electron chi connectivity index (χ1n) is 8.18. The summed E-state index contributed by atoms with van der Waals surface area (Å²) in [5, 5.41) is 3.55. The van der Waals surface area contributed by atoms with Crippen LogP contribution in [0.4, 0.5) is 0 Å². The van der Waals surface area contributed by atoms with E-state index < -0.39 is 0 Å². The van der Waals surface area contributed by atoms with Gasteiger partial charge in [0.1, 0.15) is 5.75 Å². The molecule has 2 saturated carbocycles. The largest absolute Gasteiger partial charge is 0.490 e. The van der Waals surface area contributed by atoms with E-state index in [9.17, 15) is 0 Å². The average Bonchev–Trinajstić information content (AvgIpc) is 3.31. The van der Waals surface area contributed by atoms with E-state index in [1.54, 1.807) is 0 Å². The lowest BCUT2D eigenvalue weighted by molar-refractivity contribution is 0.120. The molecule has 2 atom stereocenters. The number of ether oxygens (including phenoxy) is 1. The third-order valence-corrected chi connectivity index (χ3v) is 4.62. The Morgan fingerprint density at radius 1 is 1.30 bits per heavy atom. The molecule has 3 rings (SSSR count). The topological polar surface area (TPSA) is 34.1 Å². The smallest absolute Gasteiger partial charge is 0.127 e. The van der Waals surface area contributed by atoms with Crippen molar-refractivity contribution in [1.82, 2.24) is 10.3 Å². The Labute approximate surface area is 122 Å². The molecule has 3 heteroatoms. The molecular weight excluding hydrogens is 248 g/mol. The van der Waals surface area contributed by atoms with Crippen molar-refractivity contribution in [1.29, 1.82) is 0 Å². The highest BCUT2D eigenvalue weighted by molar-refractivity contribution is 5.30. The number of aromatic nitrogens is 1. The maximum absolute atomic E-state index is 6.29. The second-order valence-corrected chi connectivity index (χ2v) is 6.32. The normalized spacial score (nSPS) is 26.4. The zero-order chi connectivity index (χ0) is 13.8. The van der Waals surface area contributed by atoms with Crippen molar-refractivity contribution in [3.05, 3.63) is 24.0 Å². The minimum atomic E-state index is 0.399. The molecule has 1 aromatic heterocycles. The Balaban J connectivity index is 1.60. The van der Waals surface area contributed by atoms with E-state index in [1.807, 2.05) is 18.5 Å². The van der Waals surface area contributed by atoms with Gasteiger partial charge >= 0.3 is 0 Å². The van der Waals surface area contributed by atoms with Gasteiger partial charge in [-0.15, -0.1) is 0 Å². The van der Waals surface area contributed by atoms with Crippen molar-refractivity contribution in [2.24, 2.45) is 5.92 Å². The van der Waals surface area contributed by atoms with E-state index >= 15 is 0 Å². The molecule has 2 aliphatic carbocycles. The molecule has 1 N–H and O–H groups in total. The van der Waals surface area contributed by atoms with Crippen LogP contribution >= 0.6 is 0 Å². The quantitative estimate of drug-likeness (QED) is 0.859. The maximum atomic E-state index is 6.29. The van der Waals surface area contributed by atoms with Crippen LogP contribution in [0.25, 0.3) is 0 Å². The summed E-state index contributed by atoms with van der Waals surface area (Å²) >= 11 is 0. The molecule has 2 aliphatic rings. The van der Waals surface area contributed by atoms with Crippen molar-refractivity contribution in [3.8, 4) is 5.75 Å². The summed E-state index contributed by atoms with van der Waals surface area (Å²) in [6, 6.07) is 2.75. The Hall–Kier alpha value is -1.09. The first-order chi connectivity index (χ1) is 9.85. The highest BCUT2D eigenvalue weighted by Gasteiger charge is 2.24. The number of nitrogens with one attached hydrogen (secondary N) is 1. The fraction of sp³-hybridized carbons (Fsp3) is 0.706. The number of pyridine rings is 1. The number of hydrogen-bond acceptors (Lipinski definition) is 3. The van der Waals surface area contributed by atoms with Crippen LogP contribution in [0.15, 0.2) is 18.5 Å². The van der Waals surface area contributed by atoms with Crippen LogP contribution in [0, 0.1) is 5.92 Å². The van der Waals surface area contributed by atoms with Gasteiger partial charge in [-0.1, -0.05) is 19.8 Å². The molecule has 2 unspecified atom stereocenters. The molecule has 0 saturated heterocycles. The Morgan fingerprint density at radius 2 is 2.20 bits per heavy atom. The Kier molecular flexibility index (Phi) is 4.56. The predicted octanol–water partition coefficient (Wildman–Crippen LogP) is 3.68. The lowest BCUT2D eigenvalue weighted by Gasteiger charge is -2.29. The molecule has 110 valence electrons. The van der Waals surface area contributed by atoms with Gasteiger partial charge in [-0.25, -0.2) is 0 Å². The zero-order valence-electron chi connectivity index (χ0n) is 12.5. The molecular formula is C17H26N2O. The van der Waals surface area contributed by atoms with E-state index in [-0.39, 0.29) is 0 Å². The molecule has 1 heterocycles. The molecule has 1 aromatic rings. The summed E-state index contributed by atoms with van der Waals surface area (Å²) in [4.78, 5) is 4.25. The second kappa shape index (κ2) is 6.57. The van der Waals surface area contributed by atoms with Crippen LogP contribution in [0.5, 0.6) is 5.75 Å².